The third-order valence-electron chi connectivity index (χ3n) is 9.96. The maximum atomic E-state index is 16.2. The molecule has 6 aromatic rings. The Balaban J connectivity index is 0.998. The van der Waals surface area contributed by atoms with Gasteiger partial charge in [-0.25, -0.2) is 18.1 Å². The number of pyridine rings is 1. The Labute approximate surface area is 308 Å². The summed E-state index contributed by atoms with van der Waals surface area (Å²) in [7, 11) is 0. The molecule has 0 unspecified atom stereocenters. The summed E-state index contributed by atoms with van der Waals surface area (Å²) in [6.45, 7) is 6.03. The van der Waals surface area contributed by atoms with Crippen LogP contribution in [-0.2, 0) is 18.1 Å². The first-order valence-electron chi connectivity index (χ1n) is 17.5. The van der Waals surface area contributed by atoms with Gasteiger partial charge in [0.05, 0.1) is 24.9 Å². The van der Waals surface area contributed by atoms with Crippen molar-refractivity contribution in [1.82, 2.24) is 40.2 Å². The number of tetrazole rings is 1. The summed E-state index contributed by atoms with van der Waals surface area (Å²) in [4.78, 5) is 8.59. The van der Waals surface area contributed by atoms with E-state index < -0.39 is 47.1 Å². The summed E-state index contributed by atoms with van der Waals surface area (Å²) >= 11 is 0. The van der Waals surface area contributed by atoms with Crippen molar-refractivity contribution in [3.8, 4) is 22.4 Å². The molecule has 0 bridgehead atoms. The number of aliphatic hydroxyl groups excluding tert-OH is 1. The van der Waals surface area contributed by atoms with Crippen LogP contribution in [0.15, 0.2) is 97.6 Å². The van der Waals surface area contributed by atoms with Crippen LogP contribution in [-0.4, -0.2) is 82.7 Å². The Morgan fingerprint density at radius 1 is 0.815 bits per heavy atom. The van der Waals surface area contributed by atoms with Crippen LogP contribution < -0.4 is 9.80 Å². The van der Waals surface area contributed by atoms with Crippen LogP contribution in [0.3, 0.4) is 0 Å². The Kier molecular flexibility index (Phi) is 10.1. The van der Waals surface area contributed by atoms with Crippen LogP contribution in [0.5, 0.6) is 0 Å². The van der Waals surface area contributed by atoms with Gasteiger partial charge in [-0.3, -0.25) is 4.98 Å². The van der Waals surface area contributed by atoms with Crippen molar-refractivity contribution in [2.45, 2.75) is 50.5 Å². The number of nitrogens with zero attached hydrogens (tertiary/aromatic N) is 10. The lowest BCUT2D eigenvalue weighted by molar-refractivity contribution is -0.207. The maximum Gasteiger partial charge on any atom is 0.323 e. The molecule has 0 aliphatic carbocycles. The predicted molar refractivity (Wildman–Crippen MR) is 193 cm³/mol. The lowest BCUT2D eigenvalue weighted by atomic mass is 9.84. The largest absolute Gasteiger partial charge is 0.391 e. The third-order valence-corrected chi connectivity index (χ3v) is 9.96. The molecule has 0 spiro atoms. The van der Waals surface area contributed by atoms with E-state index in [4.69, 9.17) is 0 Å². The lowest BCUT2D eigenvalue weighted by Crippen LogP contribution is -2.48. The minimum absolute atomic E-state index is 0.127. The van der Waals surface area contributed by atoms with Gasteiger partial charge in [0.1, 0.15) is 29.3 Å². The fourth-order valence-corrected chi connectivity index (χ4v) is 6.88. The molecule has 0 radical (unpaired) electrons. The Bertz CT molecular complexity index is 2160. The topological polar surface area (TPSA) is 134 Å². The molecule has 3 aromatic carbocycles. The van der Waals surface area contributed by atoms with Crippen LogP contribution in [0.1, 0.15) is 37.6 Å². The number of hydrogen-bond donors (Lipinski definition) is 2. The molecule has 0 saturated carbocycles. The van der Waals surface area contributed by atoms with E-state index in [0.29, 0.717) is 11.6 Å². The molecule has 3 aromatic heterocycles. The first-order valence-corrected chi connectivity index (χ1v) is 17.5. The van der Waals surface area contributed by atoms with E-state index in [2.05, 4.69) is 52.8 Å². The predicted octanol–water partition coefficient (Wildman–Crippen LogP) is 5.61. The Morgan fingerprint density at radius 3 is 1.98 bits per heavy atom. The zero-order valence-corrected chi connectivity index (χ0v) is 29.5. The van der Waals surface area contributed by atoms with E-state index in [1.165, 1.54) is 12.3 Å². The van der Waals surface area contributed by atoms with E-state index in [0.717, 1.165) is 90.0 Å². The highest BCUT2D eigenvalue weighted by Gasteiger charge is 2.58. The first-order chi connectivity index (χ1) is 26.0. The molecule has 1 saturated heterocycles. The number of halogens is 4. The fourth-order valence-electron chi connectivity index (χ4n) is 6.88. The second-order valence-corrected chi connectivity index (χ2v) is 13.4. The number of aromatic nitrogens is 8. The van der Waals surface area contributed by atoms with Gasteiger partial charge in [0, 0.05) is 66.5 Å². The van der Waals surface area contributed by atoms with Gasteiger partial charge in [0.25, 0.3) is 0 Å². The Hall–Kier alpha value is -5.74. The molecular formula is C38H38F4N10O2. The second kappa shape index (κ2) is 14.9. The minimum Gasteiger partial charge on any atom is -0.391 e. The van der Waals surface area contributed by atoms with Gasteiger partial charge in [-0.15, -0.1) is 10.2 Å². The van der Waals surface area contributed by atoms with E-state index in [-0.39, 0.29) is 6.04 Å². The van der Waals surface area contributed by atoms with Crippen LogP contribution in [0.25, 0.3) is 22.4 Å². The number of hydrogen-bond acceptors (Lipinski definition) is 10. The average molecular weight is 743 g/mol. The van der Waals surface area contributed by atoms with Gasteiger partial charge in [0.2, 0.25) is 0 Å². The summed E-state index contributed by atoms with van der Waals surface area (Å²) in [5, 5.41) is 40.4. The zero-order valence-electron chi connectivity index (χ0n) is 29.5. The standard InChI is InChI=1S/C38H38F4N10O2/c1-3-35(25(2)53)52-22-34(45-47-52)27-6-12-31(13-7-27)50-18-16-49(17-19-50)30-10-4-26(5-11-30)28-8-15-36(43-21-28)38(41,42)37(54,23-51-24-44-46-48-51)32-14-9-29(39)20-33(32)40/h4-15,20-22,24-25,35,53-54H,3,16-19,23H2,1-2H3/t25-,35-,37-/m0/s1. The summed E-state index contributed by atoms with van der Waals surface area (Å²) < 4.78 is 63.4. The first kappa shape index (κ1) is 36.6. The number of rotatable bonds is 12. The SMILES string of the molecule is CC[C@@H]([C@H](C)O)n1cc(-c2ccc(N3CCN(c4ccc(-c5ccc(C(F)(F)[C@](O)(Cn6cnnn6)c6ccc(F)cc6F)nc5)cc4)CC3)cc2)nn1. The van der Waals surface area contributed by atoms with Crippen molar-refractivity contribution >= 4 is 11.4 Å². The Morgan fingerprint density at radius 2 is 1.44 bits per heavy atom. The highest BCUT2D eigenvalue weighted by Crippen LogP contribution is 2.47. The average Bonchev–Trinajstić information content (AvgIpc) is 3.88. The van der Waals surface area contributed by atoms with Crippen molar-refractivity contribution in [1.29, 1.82) is 0 Å². The second-order valence-electron chi connectivity index (χ2n) is 13.4. The number of benzene rings is 3. The lowest BCUT2D eigenvalue weighted by Gasteiger charge is -2.37. The molecule has 16 heteroatoms. The van der Waals surface area contributed by atoms with Crippen molar-refractivity contribution in [3.05, 3.63) is 120 Å². The third kappa shape index (κ3) is 7.13. The van der Waals surface area contributed by atoms with Gasteiger partial charge in [-0.1, -0.05) is 42.5 Å². The van der Waals surface area contributed by atoms with Crippen LogP contribution >= 0.6 is 0 Å². The number of aliphatic hydroxyl groups is 2. The van der Waals surface area contributed by atoms with Gasteiger partial charge in [-0.2, -0.15) is 8.78 Å². The van der Waals surface area contributed by atoms with Gasteiger partial charge in [-0.05, 0) is 71.8 Å². The van der Waals surface area contributed by atoms with E-state index in [1.54, 1.807) is 11.6 Å². The van der Waals surface area contributed by atoms with Gasteiger partial charge < -0.3 is 20.0 Å². The molecule has 280 valence electrons. The van der Waals surface area contributed by atoms with Gasteiger partial charge >= 0.3 is 5.92 Å². The maximum absolute atomic E-state index is 16.2. The van der Waals surface area contributed by atoms with Gasteiger partial charge in [0.15, 0.2) is 5.60 Å². The number of alkyl halides is 2. The summed E-state index contributed by atoms with van der Waals surface area (Å²) in [5.41, 5.74) is 0.255. The minimum atomic E-state index is -4.15. The normalized spacial score (nSPS) is 15.9. The summed E-state index contributed by atoms with van der Waals surface area (Å²) in [6, 6.07) is 20.3. The number of anilines is 2. The molecule has 1 aliphatic rings. The molecule has 3 atom stereocenters. The van der Waals surface area contributed by atoms with Crippen LogP contribution in [0.4, 0.5) is 28.9 Å². The van der Waals surface area contributed by atoms with Crippen molar-refractivity contribution in [2.24, 2.45) is 0 Å². The summed E-state index contributed by atoms with van der Waals surface area (Å²) in [6.07, 6.45) is 4.35. The molecule has 1 aliphatic heterocycles. The summed E-state index contributed by atoms with van der Waals surface area (Å²) in [5.74, 6) is -6.49. The number of piperazine rings is 1. The molecular weight excluding hydrogens is 704 g/mol. The van der Waals surface area contributed by atoms with Crippen LogP contribution in [0, 0.1) is 11.6 Å². The van der Waals surface area contributed by atoms with E-state index in [9.17, 15) is 19.0 Å². The molecule has 54 heavy (non-hydrogen) atoms. The molecule has 0 amide bonds. The van der Waals surface area contributed by atoms with E-state index >= 15 is 8.78 Å². The molecule has 1 fully saturated rings. The van der Waals surface area contributed by atoms with Crippen LogP contribution in [0.2, 0.25) is 0 Å². The molecule has 7 rings (SSSR count). The molecule has 4 heterocycles. The zero-order chi connectivity index (χ0) is 38.0. The van der Waals surface area contributed by atoms with E-state index in [1.807, 2.05) is 49.5 Å². The molecule has 12 nitrogen and oxygen atoms in total. The highest BCUT2D eigenvalue weighted by molar-refractivity contribution is 5.66. The fraction of sp³-hybridized carbons (Fsp3) is 0.316. The molecule has 2 N–H and O–H groups in total. The van der Waals surface area contributed by atoms with Crippen molar-refractivity contribution in [2.75, 3.05) is 36.0 Å². The smallest absolute Gasteiger partial charge is 0.323 e. The monoisotopic (exact) mass is 742 g/mol. The quantitative estimate of drug-likeness (QED) is 0.153. The van der Waals surface area contributed by atoms with Crippen molar-refractivity contribution < 1.29 is 27.8 Å². The highest BCUT2D eigenvalue weighted by atomic mass is 19.3. The van der Waals surface area contributed by atoms with Crippen molar-refractivity contribution in [3.63, 3.8) is 0 Å².